The standard InChI is InChI=1S/C11H8F2O2/c1-15-11(14)8-5-7(8)6-2-3-9(12)10(13)4-6/h2-4H,5H2,1H3. The van der Waals surface area contributed by atoms with Crippen LogP contribution in [0.3, 0.4) is 0 Å². The SMILES string of the molecule is COC(=O)C1=C(c2ccc(F)c(F)c2)C1. The first-order valence-electron chi connectivity index (χ1n) is 4.39. The van der Waals surface area contributed by atoms with E-state index in [2.05, 4.69) is 4.74 Å². The molecule has 0 aliphatic heterocycles. The fraction of sp³-hybridized carbons (Fsp3) is 0.182. The van der Waals surface area contributed by atoms with E-state index < -0.39 is 17.6 Å². The predicted molar refractivity (Wildman–Crippen MR) is 49.9 cm³/mol. The van der Waals surface area contributed by atoms with Crippen LogP contribution in [0.5, 0.6) is 0 Å². The van der Waals surface area contributed by atoms with E-state index in [4.69, 9.17) is 0 Å². The molecule has 2 nitrogen and oxygen atoms in total. The third kappa shape index (κ3) is 1.75. The molecule has 0 saturated carbocycles. The van der Waals surface area contributed by atoms with E-state index in [1.54, 1.807) is 0 Å². The highest BCUT2D eigenvalue weighted by molar-refractivity contribution is 6.08. The monoisotopic (exact) mass is 210 g/mol. The van der Waals surface area contributed by atoms with E-state index in [0.29, 0.717) is 17.6 Å². The molecule has 1 aliphatic carbocycles. The molecule has 78 valence electrons. The zero-order chi connectivity index (χ0) is 11.0. The lowest BCUT2D eigenvalue weighted by Crippen LogP contribution is -1.95. The molecule has 0 aromatic heterocycles. The smallest absolute Gasteiger partial charge is 0.334 e. The quantitative estimate of drug-likeness (QED) is 0.700. The molecule has 2 rings (SSSR count). The van der Waals surface area contributed by atoms with E-state index in [1.807, 2.05) is 0 Å². The summed E-state index contributed by atoms with van der Waals surface area (Å²) in [4.78, 5) is 11.1. The molecule has 0 radical (unpaired) electrons. The molecular formula is C11H8F2O2. The number of carbonyl (C=O) groups excluding carboxylic acids is 1. The maximum atomic E-state index is 12.9. The van der Waals surface area contributed by atoms with Gasteiger partial charge in [-0.05, 0) is 23.3 Å². The average Bonchev–Trinajstić information content (AvgIpc) is 3.01. The summed E-state index contributed by atoms with van der Waals surface area (Å²) in [5, 5.41) is 0. The Balaban J connectivity index is 2.30. The second kappa shape index (κ2) is 3.46. The van der Waals surface area contributed by atoms with E-state index >= 15 is 0 Å². The highest BCUT2D eigenvalue weighted by Crippen LogP contribution is 2.40. The Morgan fingerprint density at radius 2 is 2.07 bits per heavy atom. The summed E-state index contributed by atoms with van der Waals surface area (Å²) in [5.41, 5.74) is 1.79. The third-order valence-corrected chi connectivity index (χ3v) is 2.29. The van der Waals surface area contributed by atoms with Gasteiger partial charge in [0.2, 0.25) is 0 Å². The number of esters is 1. The van der Waals surface area contributed by atoms with Gasteiger partial charge >= 0.3 is 5.97 Å². The minimum atomic E-state index is -0.906. The van der Waals surface area contributed by atoms with Crippen LogP contribution in [0, 0.1) is 11.6 Å². The van der Waals surface area contributed by atoms with Crippen LogP contribution in [-0.4, -0.2) is 13.1 Å². The number of hydrogen-bond acceptors (Lipinski definition) is 2. The number of ether oxygens (including phenoxy) is 1. The topological polar surface area (TPSA) is 26.3 Å². The van der Waals surface area contributed by atoms with Crippen LogP contribution in [-0.2, 0) is 9.53 Å². The van der Waals surface area contributed by atoms with Crippen molar-refractivity contribution in [2.75, 3.05) is 7.11 Å². The Morgan fingerprint density at radius 1 is 1.33 bits per heavy atom. The number of rotatable bonds is 2. The number of carbonyl (C=O) groups is 1. The zero-order valence-corrected chi connectivity index (χ0v) is 8.01. The van der Waals surface area contributed by atoms with Gasteiger partial charge in [-0.3, -0.25) is 0 Å². The Kier molecular flexibility index (Phi) is 2.26. The Bertz CT molecular complexity index is 464. The lowest BCUT2D eigenvalue weighted by molar-refractivity contribution is -0.135. The second-order valence-electron chi connectivity index (χ2n) is 3.25. The molecule has 15 heavy (non-hydrogen) atoms. The van der Waals surface area contributed by atoms with Gasteiger partial charge in [-0.15, -0.1) is 0 Å². The summed E-state index contributed by atoms with van der Waals surface area (Å²) in [6.45, 7) is 0. The Labute approximate surface area is 85.2 Å². The van der Waals surface area contributed by atoms with Gasteiger partial charge in [-0.25, -0.2) is 13.6 Å². The molecule has 0 bridgehead atoms. The van der Waals surface area contributed by atoms with Crippen LogP contribution in [0.1, 0.15) is 12.0 Å². The van der Waals surface area contributed by atoms with Crippen molar-refractivity contribution >= 4 is 11.5 Å². The minimum absolute atomic E-state index is 0.408. The van der Waals surface area contributed by atoms with Crippen LogP contribution in [0.4, 0.5) is 8.78 Å². The van der Waals surface area contributed by atoms with Gasteiger partial charge < -0.3 is 4.74 Å². The first-order chi connectivity index (χ1) is 7.13. The maximum absolute atomic E-state index is 12.9. The van der Waals surface area contributed by atoms with Crippen molar-refractivity contribution in [2.45, 2.75) is 6.42 Å². The van der Waals surface area contributed by atoms with Gasteiger partial charge in [0.25, 0.3) is 0 Å². The first-order valence-corrected chi connectivity index (χ1v) is 4.39. The molecule has 1 aromatic rings. The summed E-state index contributed by atoms with van der Waals surface area (Å²) in [7, 11) is 1.29. The van der Waals surface area contributed by atoms with Gasteiger partial charge in [0.05, 0.1) is 7.11 Å². The largest absolute Gasteiger partial charge is 0.466 e. The number of hydrogen-bond donors (Lipinski definition) is 0. The van der Waals surface area contributed by atoms with Crippen molar-refractivity contribution in [3.05, 3.63) is 41.0 Å². The number of halogens is 2. The molecule has 0 spiro atoms. The van der Waals surface area contributed by atoms with Crippen molar-refractivity contribution < 1.29 is 18.3 Å². The highest BCUT2D eigenvalue weighted by atomic mass is 19.2. The van der Waals surface area contributed by atoms with E-state index in [0.717, 1.165) is 17.7 Å². The van der Waals surface area contributed by atoms with Crippen molar-refractivity contribution in [3.63, 3.8) is 0 Å². The zero-order valence-electron chi connectivity index (χ0n) is 8.01. The summed E-state index contributed by atoms with van der Waals surface area (Å²) >= 11 is 0. The molecule has 0 N–H and O–H groups in total. The van der Waals surface area contributed by atoms with Gasteiger partial charge in [0.1, 0.15) is 0 Å². The predicted octanol–water partition coefficient (Wildman–Crippen LogP) is 2.30. The first kappa shape index (κ1) is 9.83. The molecule has 0 saturated heterocycles. The van der Waals surface area contributed by atoms with Gasteiger partial charge in [-0.1, -0.05) is 6.07 Å². The normalized spacial score (nSPS) is 14.1. The second-order valence-corrected chi connectivity index (χ2v) is 3.25. The minimum Gasteiger partial charge on any atom is -0.466 e. The summed E-state index contributed by atoms with van der Waals surface area (Å²) in [5.74, 6) is -2.20. The Hall–Kier alpha value is -1.71. The average molecular weight is 210 g/mol. The number of methoxy groups -OCH3 is 1. The van der Waals surface area contributed by atoms with Crippen LogP contribution >= 0.6 is 0 Å². The third-order valence-electron chi connectivity index (χ3n) is 2.29. The molecule has 0 amide bonds. The lowest BCUT2D eigenvalue weighted by atomic mass is 10.1. The molecule has 0 heterocycles. The fourth-order valence-corrected chi connectivity index (χ4v) is 1.41. The van der Waals surface area contributed by atoms with Crippen molar-refractivity contribution in [1.29, 1.82) is 0 Å². The fourth-order valence-electron chi connectivity index (χ4n) is 1.41. The van der Waals surface area contributed by atoms with Crippen molar-refractivity contribution in [3.8, 4) is 0 Å². The van der Waals surface area contributed by atoms with Crippen LogP contribution < -0.4 is 0 Å². The van der Waals surface area contributed by atoms with Crippen LogP contribution in [0.2, 0.25) is 0 Å². The molecule has 0 unspecified atom stereocenters. The molecule has 0 fully saturated rings. The lowest BCUT2D eigenvalue weighted by Gasteiger charge is -1.95. The number of allylic oxidation sites excluding steroid dienone is 1. The molecule has 1 aliphatic rings. The van der Waals surface area contributed by atoms with Gasteiger partial charge in [0, 0.05) is 12.0 Å². The highest BCUT2D eigenvalue weighted by Gasteiger charge is 2.30. The van der Waals surface area contributed by atoms with E-state index in [-0.39, 0.29) is 0 Å². The van der Waals surface area contributed by atoms with E-state index in [1.165, 1.54) is 13.2 Å². The Morgan fingerprint density at radius 3 is 2.67 bits per heavy atom. The molecular weight excluding hydrogens is 202 g/mol. The molecule has 1 aromatic carbocycles. The van der Waals surface area contributed by atoms with Crippen LogP contribution in [0.15, 0.2) is 23.8 Å². The molecule has 0 atom stereocenters. The maximum Gasteiger partial charge on any atom is 0.334 e. The van der Waals surface area contributed by atoms with Gasteiger partial charge in [-0.2, -0.15) is 0 Å². The van der Waals surface area contributed by atoms with Gasteiger partial charge in [0.15, 0.2) is 11.6 Å². The van der Waals surface area contributed by atoms with E-state index in [9.17, 15) is 13.6 Å². The van der Waals surface area contributed by atoms with Crippen molar-refractivity contribution in [2.24, 2.45) is 0 Å². The van der Waals surface area contributed by atoms with Crippen molar-refractivity contribution in [1.82, 2.24) is 0 Å². The molecule has 4 heteroatoms. The summed E-state index contributed by atoms with van der Waals surface area (Å²) < 4.78 is 30.0. The summed E-state index contributed by atoms with van der Waals surface area (Å²) in [6.07, 6.45) is 0.484. The summed E-state index contributed by atoms with van der Waals surface area (Å²) in [6, 6.07) is 3.58. The number of benzene rings is 1. The van der Waals surface area contributed by atoms with Crippen LogP contribution in [0.25, 0.3) is 5.57 Å².